The van der Waals surface area contributed by atoms with Gasteiger partial charge in [-0.25, -0.2) is 4.39 Å². The molecule has 0 aliphatic heterocycles. The van der Waals surface area contributed by atoms with Crippen molar-refractivity contribution in [3.05, 3.63) is 76.3 Å². The van der Waals surface area contributed by atoms with E-state index in [2.05, 4.69) is 0 Å². The van der Waals surface area contributed by atoms with Crippen LogP contribution in [0.3, 0.4) is 0 Å². The van der Waals surface area contributed by atoms with E-state index in [0.717, 1.165) is 12.1 Å². The number of phenols is 2. The van der Waals surface area contributed by atoms with Crippen molar-refractivity contribution in [3.8, 4) is 11.5 Å². The molecule has 0 amide bonds. The first-order valence-electron chi connectivity index (χ1n) is 8.15. The molecule has 0 atom stereocenters. The molecule has 1 aromatic heterocycles. The number of alkyl halides is 3. The lowest BCUT2D eigenvalue weighted by atomic mass is 9.95. The largest absolute Gasteiger partial charge is 0.508 e. The number of furan rings is 1. The van der Waals surface area contributed by atoms with Crippen molar-refractivity contribution in [3.63, 3.8) is 0 Å². The molecule has 0 spiro atoms. The lowest BCUT2D eigenvalue weighted by molar-refractivity contribution is -0.138. The van der Waals surface area contributed by atoms with Crippen molar-refractivity contribution in [1.82, 2.24) is 0 Å². The predicted molar refractivity (Wildman–Crippen MR) is 93.9 cm³/mol. The van der Waals surface area contributed by atoms with Crippen molar-refractivity contribution in [2.24, 2.45) is 0 Å². The van der Waals surface area contributed by atoms with Crippen LogP contribution in [0.4, 0.5) is 23.4 Å². The van der Waals surface area contributed by atoms with E-state index in [0.29, 0.717) is 22.8 Å². The number of aromatic hydroxyl groups is 2. The summed E-state index contributed by atoms with van der Waals surface area (Å²) in [5.41, 5.74) is 6.26. The molecule has 4 nitrogen and oxygen atoms in total. The second-order valence-electron chi connectivity index (χ2n) is 6.41. The molecule has 8 heteroatoms. The number of halogens is 4. The number of nitrogen functional groups attached to an aromatic ring is 1. The van der Waals surface area contributed by atoms with Crippen molar-refractivity contribution in [2.75, 3.05) is 5.73 Å². The Morgan fingerprint density at radius 2 is 1.75 bits per heavy atom. The van der Waals surface area contributed by atoms with Gasteiger partial charge in [0.1, 0.15) is 5.75 Å². The van der Waals surface area contributed by atoms with Gasteiger partial charge in [-0.1, -0.05) is 6.07 Å². The average molecular weight is 391 g/mol. The lowest BCUT2D eigenvalue weighted by Gasteiger charge is -2.14. The molecule has 0 fully saturated rings. The summed E-state index contributed by atoms with van der Waals surface area (Å²) < 4.78 is 59.7. The van der Waals surface area contributed by atoms with Crippen LogP contribution in [-0.2, 0) is 12.6 Å². The maximum Gasteiger partial charge on any atom is 0.416 e. The Balaban J connectivity index is 2.03. The highest BCUT2D eigenvalue weighted by atomic mass is 19.4. The van der Waals surface area contributed by atoms with Crippen LogP contribution in [0, 0.1) is 5.82 Å². The Hall–Kier alpha value is -3.42. The quantitative estimate of drug-likeness (QED) is 0.541. The fourth-order valence-corrected chi connectivity index (χ4v) is 3.53. The van der Waals surface area contributed by atoms with Gasteiger partial charge in [-0.2, -0.15) is 13.2 Å². The molecule has 2 aromatic carbocycles. The van der Waals surface area contributed by atoms with Crippen molar-refractivity contribution >= 4 is 17.0 Å². The van der Waals surface area contributed by atoms with Crippen LogP contribution < -0.4 is 5.73 Å². The van der Waals surface area contributed by atoms with Gasteiger partial charge in [0.2, 0.25) is 0 Å². The Morgan fingerprint density at radius 3 is 2.36 bits per heavy atom. The van der Waals surface area contributed by atoms with Gasteiger partial charge in [0.15, 0.2) is 17.5 Å². The molecule has 0 bridgehead atoms. The number of hydrogen-bond donors (Lipinski definition) is 3. The first kappa shape index (κ1) is 18.0. The molecule has 28 heavy (non-hydrogen) atoms. The standard InChI is InChI=1S/C20H13F4NO3/c21-16-5-9(1-2-17(16)27)12-8-13-14(18(12)11-3-4-28-19(11)25)6-10(26)7-15(13)20(22,23)24/h1-7,26-27H,8,25H2. The molecule has 0 unspecified atom stereocenters. The SMILES string of the molecule is Nc1occc1C1=C(c2ccc(O)c(F)c2)Cc2c1cc(O)cc2C(F)(F)F. The van der Waals surface area contributed by atoms with Crippen LogP contribution in [0.2, 0.25) is 0 Å². The zero-order valence-corrected chi connectivity index (χ0v) is 14.1. The summed E-state index contributed by atoms with van der Waals surface area (Å²) in [5, 5.41) is 19.3. The topological polar surface area (TPSA) is 79.6 Å². The number of nitrogens with two attached hydrogens (primary N) is 1. The van der Waals surface area contributed by atoms with E-state index in [1.54, 1.807) is 0 Å². The third-order valence-electron chi connectivity index (χ3n) is 4.73. The number of allylic oxidation sites excluding steroid dienone is 1. The lowest BCUT2D eigenvalue weighted by Crippen LogP contribution is -2.09. The average Bonchev–Trinajstić information content (AvgIpc) is 3.18. The highest BCUT2D eigenvalue weighted by Crippen LogP contribution is 2.49. The molecule has 0 saturated heterocycles. The number of anilines is 1. The zero-order chi connectivity index (χ0) is 20.2. The van der Waals surface area contributed by atoms with E-state index in [1.807, 2.05) is 0 Å². The third kappa shape index (κ3) is 2.77. The highest BCUT2D eigenvalue weighted by molar-refractivity contribution is 6.06. The van der Waals surface area contributed by atoms with E-state index in [-0.39, 0.29) is 29.0 Å². The van der Waals surface area contributed by atoms with E-state index in [1.165, 1.54) is 24.5 Å². The van der Waals surface area contributed by atoms with Crippen LogP contribution in [0.25, 0.3) is 11.1 Å². The third-order valence-corrected chi connectivity index (χ3v) is 4.73. The minimum atomic E-state index is -4.69. The number of hydrogen-bond acceptors (Lipinski definition) is 4. The molecule has 0 radical (unpaired) electrons. The number of benzene rings is 2. The summed E-state index contributed by atoms with van der Waals surface area (Å²) in [6.07, 6.45) is -3.56. The molecular formula is C20H13F4NO3. The minimum Gasteiger partial charge on any atom is -0.508 e. The predicted octanol–water partition coefficient (Wildman–Crippen LogP) is 4.95. The molecule has 3 aromatic rings. The summed E-state index contributed by atoms with van der Waals surface area (Å²) in [7, 11) is 0. The number of phenolic OH excluding ortho intramolecular Hbond substituents is 2. The highest BCUT2D eigenvalue weighted by Gasteiger charge is 2.39. The van der Waals surface area contributed by atoms with E-state index >= 15 is 0 Å². The molecule has 0 saturated carbocycles. The van der Waals surface area contributed by atoms with Crippen LogP contribution in [-0.4, -0.2) is 10.2 Å². The molecule has 1 heterocycles. The number of fused-ring (bicyclic) bond motifs is 1. The summed E-state index contributed by atoms with van der Waals surface area (Å²) in [6.45, 7) is 0. The van der Waals surface area contributed by atoms with Gasteiger partial charge in [0.05, 0.1) is 11.8 Å². The molecule has 1 aliphatic rings. The fourth-order valence-electron chi connectivity index (χ4n) is 3.53. The van der Waals surface area contributed by atoms with Gasteiger partial charge in [0.25, 0.3) is 0 Å². The maximum atomic E-state index is 13.9. The van der Waals surface area contributed by atoms with Gasteiger partial charge in [-0.15, -0.1) is 0 Å². The molecule has 4 rings (SSSR count). The van der Waals surface area contributed by atoms with E-state index in [9.17, 15) is 27.8 Å². The maximum absolute atomic E-state index is 13.9. The summed E-state index contributed by atoms with van der Waals surface area (Å²) in [6, 6.07) is 6.95. The van der Waals surface area contributed by atoms with Crippen LogP contribution in [0.5, 0.6) is 11.5 Å². The molecule has 144 valence electrons. The Labute approximate surface area is 156 Å². The first-order chi connectivity index (χ1) is 13.2. The van der Waals surface area contributed by atoms with Crippen LogP contribution >= 0.6 is 0 Å². The normalized spacial score (nSPS) is 13.9. The van der Waals surface area contributed by atoms with E-state index in [4.69, 9.17) is 10.2 Å². The van der Waals surface area contributed by atoms with E-state index < -0.39 is 29.1 Å². The summed E-state index contributed by atoms with van der Waals surface area (Å²) >= 11 is 0. The van der Waals surface area contributed by atoms with Crippen molar-refractivity contribution in [1.29, 1.82) is 0 Å². The van der Waals surface area contributed by atoms with Gasteiger partial charge >= 0.3 is 6.18 Å². The Kier molecular flexibility index (Phi) is 3.88. The van der Waals surface area contributed by atoms with Gasteiger partial charge in [-0.3, -0.25) is 0 Å². The zero-order valence-electron chi connectivity index (χ0n) is 14.1. The second kappa shape index (κ2) is 6.05. The van der Waals surface area contributed by atoms with Crippen LogP contribution in [0.1, 0.15) is 27.8 Å². The minimum absolute atomic E-state index is 0.0171. The summed E-state index contributed by atoms with van der Waals surface area (Å²) in [4.78, 5) is 0. The molecule has 1 aliphatic carbocycles. The van der Waals surface area contributed by atoms with Crippen molar-refractivity contribution in [2.45, 2.75) is 12.6 Å². The Bertz CT molecular complexity index is 1130. The van der Waals surface area contributed by atoms with Gasteiger partial charge in [-0.05, 0) is 64.6 Å². The first-order valence-corrected chi connectivity index (χ1v) is 8.15. The smallest absolute Gasteiger partial charge is 0.416 e. The number of rotatable bonds is 2. The Morgan fingerprint density at radius 1 is 1.00 bits per heavy atom. The summed E-state index contributed by atoms with van der Waals surface area (Å²) in [5.74, 6) is -2.04. The molecule has 4 N–H and O–H groups in total. The monoisotopic (exact) mass is 391 g/mol. The molecular weight excluding hydrogens is 378 g/mol. The fraction of sp³-hybridized carbons (Fsp3) is 0.100. The van der Waals surface area contributed by atoms with Gasteiger partial charge < -0.3 is 20.4 Å². The van der Waals surface area contributed by atoms with Gasteiger partial charge in [0, 0.05) is 5.56 Å². The van der Waals surface area contributed by atoms with Crippen molar-refractivity contribution < 1.29 is 32.2 Å². The second-order valence-corrected chi connectivity index (χ2v) is 6.41. The van der Waals surface area contributed by atoms with Crippen LogP contribution in [0.15, 0.2) is 47.1 Å².